The fourth-order valence-corrected chi connectivity index (χ4v) is 1.94. The zero-order valence-electron chi connectivity index (χ0n) is 10.5. The molecular formula is C12H18N4O. The second-order valence-corrected chi connectivity index (χ2v) is 4.17. The normalized spacial score (nSPS) is 12.9. The van der Waals surface area contributed by atoms with Crippen LogP contribution in [0.5, 0.6) is 0 Å². The van der Waals surface area contributed by atoms with Crippen LogP contribution in [0.4, 0.5) is 0 Å². The molecule has 2 heterocycles. The number of hydrogen-bond donors (Lipinski definition) is 1. The smallest absolute Gasteiger partial charge is 0.123 e. The van der Waals surface area contributed by atoms with Crippen molar-refractivity contribution in [1.29, 1.82) is 0 Å². The number of nitrogens with zero attached hydrogens (tertiary/aromatic N) is 3. The van der Waals surface area contributed by atoms with Gasteiger partial charge in [0.2, 0.25) is 0 Å². The van der Waals surface area contributed by atoms with E-state index in [1.165, 1.54) is 5.56 Å². The SMILES string of the molecule is CCNC(Cc1cn(C)nn1)c1occc1C. The first kappa shape index (κ1) is 11.9. The van der Waals surface area contributed by atoms with Gasteiger partial charge >= 0.3 is 0 Å². The third-order valence-electron chi connectivity index (χ3n) is 2.73. The van der Waals surface area contributed by atoms with Gasteiger partial charge in [0, 0.05) is 19.7 Å². The van der Waals surface area contributed by atoms with Crippen molar-refractivity contribution in [2.75, 3.05) is 6.54 Å². The number of nitrogens with one attached hydrogen (secondary N) is 1. The van der Waals surface area contributed by atoms with E-state index in [2.05, 4.69) is 29.5 Å². The molecule has 0 aliphatic rings. The standard InChI is InChI=1S/C12H18N4O/c1-4-13-11(12-9(2)5-6-17-12)7-10-8-16(3)15-14-10/h5-6,8,11,13H,4,7H2,1-3H3. The van der Waals surface area contributed by atoms with Gasteiger partial charge in [0.05, 0.1) is 18.0 Å². The van der Waals surface area contributed by atoms with Gasteiger partial charge in [0.25, 0.3) is 0 Å². The van der Waals surface area contributed by atoms with Crippen molar-refractivity contribution in [3.8, 4) is 0 Å². The lowest BCUT2D eigenvalue weighted by atomic mass is 10.1. The summed E-state index contributed by atoms with van der Waals surface area (Å²) in [5, 5.41) is 11.5. The minimum atomic E-state index is 0.159. The average Bonchev–Trinajstić information content (AvgIpc) is 2.87. The Morgan fingerprint density at radius 1 is 1.53 bits per heavy atom. The highest BCUT2D eigenvalue weighted by Gasteiger charge is 2.18. The Bertz CT molecular complexity index is 474. The van der Waals surface area contributed by atoms with Gasteiger partial charge in [-0.3, -0.25) is 4.68 Å². The van der Waals surface area contributed by atoms with Crippen molar-refractivity contribution < 1.29 is 4.42 Å². The fourth-order valence-electron chi connectivity index (χ4n) is 1.94. The molecule has 0 bridgehead atoms. The lowest BCUT2D eigenvalue weighted by Crippen LogP contribution is -2.23. The minimum Gasteiger partial charge on any atom is -0.467 e. The van der Waals surface area contributed by atoms with E-state index >= 15 is 0 Å². The Morgan fingerprint density at radius 2 is 2.35 bits per heavy atom. The molecule has 0 aromatic carbocycles. The van der Waals surface area contributed by atoms with Gasteiger partial charge in [-0.1, -0.05) is 12.1 Å². The van der Waals surface area contributed by atoms with Crippen LogP contribution in [0.1, 0.15) is 30.0 Å². The molecule has 0 amide bonds. The predicted octanol–water partition coefficient (Wildman–Crippen LogP) is 1.61. The molecule has 0 aliphatic carbocycles. The van der Waals surface area contributed by atoms with E-state index < -0.39 is 0 Å². The molecular weight excluding hydrogens is 216 g/mol. The molecule has 2 aromatic rings. The van der Waals surface area contributed by atoms with Crippen molar-refractivity contribution in [3.05, 3.63) is 35.5 Å². The molecule has 1 N–H and O–H groups in total. The summed E-state index contributed by atoms with van der Waals surface area (Å²) in [6.07, 6.45) is 4.45. The fraction of sp³-hybridized carbons (Fsp3) is 0.500. The lowest BCUT2D eigenvalue weighted by Gasteiger charge is -2.14. The maximum Gasteiger partial charge on any atom is 0.123 e. The van der Waals surface area contributed by atoms with E-state index in [0.29, 0.717) is 0 Å². The van der Waals surface area contributed by atoms with Crippen LogP contribution >= 0.6 is 0 Å². The molecule has 0 radical (unpaired) electrons. The zero-order chi connectivity index (χ0) is 12.3. The highest BCUT2D eigenvalue weighted by Crippen LogP contribution is 2.21. The van der Waals surface area contributed by atoms with E-state index in [1.54, 1.807) is 10.9 Å². The Labute approximate surface area is 101 Å². The van der Waals surface area contributed by atoms with Crippen LogP contribution in [-0.4, -0.2) is 21.5 Å². The highest BCUT2D eigenvalue weighted by molar-refractivity contribution is 5.19. The quantitative estimate of drug-likeness (QED) is 0.854. The third kappa shape index (κ3) is 2.74. The monoisotopic (exact) mass is 234 g/mol. The molecule has 0 saturated carbocycles. The van der Waals surface area contributed by atoms with E-state index in [9.17, 15) is 0 Å². The topological polar surface area (TPSA) is 55.9 Å². The van der Waals surface area contributed by atoms with Crippen LogP contribution < -0.4 is 5.32 Å². The Kier molecular flexibility index (Phi) is 3.58. The summed E-state index contributed by atoms with van der Waals surface area (Å²) >= 11 is 0. The van der Waals surface area contributed by atoms with E-state index in [4.69, 9.17) is 4.42 Å². The molecule has 2 aromatic heterocycles. The number of aryl methyl sites for hydroxylation is 2. The zero-order valence-corrected chi connectivity index (χ0v) is 10.5. The number of rotatable bonds is 5. The van der Waals surface area contributed by atoms with Gasteiger partial charge in [0.1, 0.15) is 5.76 Å². The average molecular weight is 234 g/mol. The molecule has 2 rings (SSSR count). The van der Waals surface area contributed by atoms with Crippen molar-refractivity contribution >= 4 is 0 Å². The van der Waals surface area contributed by atoms with Crippen molar-refractivity contribution in [2.45, 2.75) is 26.3 Å². The first-order valence-corrected chi connectivity index (χ1v) is 5.83. The van der Waals surface area contributed by atoms with E-state index in [-0.39, 0.29) is 6.04 Å². The van der Waals surface area contributed by atoms with Crippen LogP contribution in [0.2, 0.25) is 0 Å². The summed E-state index contributed by atoms with van der Waals surface area (Å²) in [4.78, 5) is 0. The van der Waals surface area contributed by atoms with Crippen LogP contribution in [-0.2, 0) is 13.5 Å². The molecule has 0 saturated heterocycles. The number of hydrogen-bond acceptors (Lipinski definition) is 4. The molecule has 5 nitrogen and oxygen atoms in total. The number of furan rings is 1. The number of aromatic nitrogens is 3. The molecule has 92 valence electrons. The summed E-state index contributed by atoms with van der Waals surface area (Å²) in [6, 6.07) is 2.14. The largest absolute Gasteiger partial charge is 0.467 e. The summed E-state index contributed by atoms with van der Waals surface area (Å²) in [5.41, 5.74) is 2.13. The molecule has 1 atom stereocenters. The van der Waals surface area contributed by atoms with Gasteiger partial charge in [-0.25, -0.2) is 0 Å². The minimum absolute atomic E-state index is 0.159. The van der Waals surface area contributed by atoms with E-state index in [0.717, 1.165) is 24.4 Å². The van der Waals surface area contributed by atoms with Crippen LogP contribution in [0.25, 0.3) is 0 Å². The van der Waals surface area contributed by atoms with Gasteiger partial charge in [-0.05, 0) is 25.1 Å². The van der Waals surface area contributed by atoms with Crippen molar-refractivity contribution in [3.63, 3.8) is 0 Å². The molecule has 1 unspecified atom stereocenters. The van der Waals surface area contributed by atoms with Crippen LogP contribution in [0.15, 0.2) is 22.9 Å². The summed E-state index contributed by atoms with van der Waals surface area (Å²) in [6.45, 7) is 5.03. The molecule has 0 spiro atoms. The molecule has 0 aliphatic heterocycles. The van der Waals surface area contributed by atoms with Crippen LogP contribution in [0.3, 0.4) is 0 Å². The first-order valence-electron chi connectivity index (χ1n) is 5.83. The maximum absolute atomic E-state index is 5.54. The van der Waals surface area contributed by atoms with Gasteiger partial charge in [0.15, 0.2) is 0 Å². The lowest BCUT2D eigenvalue weighted by molar-refractivity contribution is 0.411. The Morgan fingerprint density at radius 3 is 2.88 bits per heavy atom. The third-order valence-corrected chi connectivity index (χ3v) is 2.73. The second kappa shape index (κ2) is 5.14. The van der Waals surface area contributed by atoms with E-state index in [1.807, 2.05) is 19.3 Å². The molecule has 5 heteroatoms. The predicted molar refractivity (Wildman–Crippen MR) is 64.6 cm³/mol. The summed E-state index contributed by atoms with van der Waals surface area (Å²) < 4.78 is 7.26. The van der Waals surface area contributed by atoms with Gasteiger partial charge in [-0.15, -0.1) is 5.10 Å². The first-order chi connectivity index (χ1) is 8.20. The highest BCUT2D eigenvalue weighted by atomic mass is 16.3. The summed E-state index contributed by atoms with van der Waals surface area (Å²) in [5.74, 6) is 0.984. The Balaban J connectivity index is 2.15. The second-order valence-electron chi connectivity index (χ2n) is 4.17. The molecule has 0 fully saturated rings. The van der Waals surface area contributed by atoms with Gasteiger partial charge in [-0.2, -0.15) is 0 Å². The summed E-state index contributed by atoms with van der Waals surface area (Å²) in [7, 11) is 1.87. The van der Waals surface area contributed by atoms with Crippen LogP contribution in [0, 0.1) is 6.92 Å². The Hall–Kier alpha value is -1.62. The van der Waals surface area contributed by atoms with Crippen molar-refractivity contribution in [1.82, 2.24) is 20.3 Å². The van der Waals surface area contributed by atoms with Crippen molar-refractivity contribution in [2.24, 2.45) is 7.05 Å². The molecule has 17 heavy (non-hydrogen) atoms. The van der Waals surface area contributed by atoms with Gasteiger partial charge < -0.3 is 9.73 Å². The number of likely N-dealkylation sites (N-methyl/N-ethyl adjacent to an activating group) is 1. The maximum atomic E-state index is 5.54.